The van der Waals surface area contributed by atoms with Crippen LogP contribution in [0, 0.1) is 0 Å². The van der Waals surface area contributed by atoms with Gasteiger partial charge in [-0.15, -0.1) is 0 Å². The van der Waals surface area contributed by atoms with E-state index < -0.39 is 12.1 Å². The molecule has 0 spiro atoms. The van der Waals surface area contributed by atoms with Crippen molar-refractivity contribution in [3.63, 3.8) is 0 Å². The van der Waals surface area contributed by atoms with Crippen LogP contribution in [-0.4, -0.2) is 59.9 Å². The average Bonchev–Trinajstić information content (AvgIpc) is 2.87. The maximum Gasteiger partial charge on any atom is 0.415 e. The van der Waals surface area contributed by atoms with E-state index >= 15 is 0 Å². The summed E-state index contributed by atoms with van der Waals surface area (Å²) in [5, 5.41) is 2.70. The first-order valence-electron chi connectivity index (χ1n) is 8.23. The van der Waals surface area contributed by atoms with Gasteiger partial charge in [-0.2, -0.15) is 0 Å². The van der Waals surface area contributed by atoms with Gasteiger partial charge in [0.1, 0.15) is 11.8 Å². The fourth-order valence-corrected chi connectivity index (χ4v) is 2.99. The fourth-order valence-electron chi connectivity index (χ4n) is 2.99. The van der Waals surface area contributed by atoms with Crippen LogP contribution < -0.4 is 10.1 Å². The number of hydrogen-bond acceptors (Lipinski definition) is 4. The van der Waals surface area contributed by atoms with Gasteiger partial charge in [-0.1, -0.05) is 18.2 Å². The van der Waals surface area contributed by atoms with E-state index in [1.165, 1.54) is 0 Å². The van der Waals surface area contributed by atoms with Gasteiger partial charge in [0.25, 0.3) is 0 Å². The number of nitrogens with one attached hydrogen (secondary N) is 1. The highest BCUT2D eigenvalue weighted by molar-refractivity contribution is 5.90. The molecule has 3 rings (SSSR count). The minimum Gasteiger partial charge on any atom is -0.410 e. The Labute approximate surface area is 140 Å². The van der Waals surface area contributed by atoms with Crippen molar-refractivity contribution in [3.8, 4) is 5.75 Å². The first-order chi connectivity index (χ1) is 11.6. The molecule has 7 nitrogen and oxygen atoms in total. The monoisotopic (exact) mass is 331 g/mol. The van der Waals surface area contributed by atoms with Gasteiger partial charge < -0.3 is 19.9 Å². The molecule has 128 valence electrons. The van der Waals surface area contributed by atoms with Crippen molar-refractivity contribution in [2.45, 2.75) is 25.3 Å². The van der Waals surface area contributed by atoms with E-state index in [2.05, 4.69) is 5.32 Å². The molecule has 0 bridgehead atoms. The third kappa shape index (κ3) is 3.84. The molecule has 0 radical (unpaired) electrons. The van der Waals surface area contributed by atoms with Gasteiger partial charge in [0, 0.05) is 32.6 Å². The van der Waals surface area contributed by atoms with Gasteiger partial charge in [-0.3, -0.25) is 9.59 Å². The molecule has 2 aliphatic rings. The first kappa shape index (κ1) is 16.3. The fraction of sp³-hybridized carbons (Fsp3) is 0.471. The van der Waals surface area contributed by atoms with Crippen molar-refractivity contribution in [1.82, 2.24) is 15.1 Å². The van der Waals surface area contributed by atoms with Crippen molar-refractivity contribution in [2.75, 3.05) is 26.2 Å². The molecule has 1 atom stereocenters. The molecule has 3 amide bonds. The molecule has 0 aliphatic carbocycles. The highest BCUT2D eigenvalue weighted by Crippen LogP contribution is 2.14. The number of hydrogen-bond donors (Lipinski definition) is 1. The van der Waals surface area contributed by atoms with Gasteiger partial charge in [0.2, 0.25) is 11.8 Å². The molecule has 1 N–H and O–H groups in total. The van der Waals surface area contributed by atoms with Crippen LogP contribution in [0.2, 0.25) is 0 Å². The lowest BCUT2D eigenvalue weighted by atomic mass is 10.2. The Morgan fingerprint density at radius 1 is 1.04 bits per heavy atom. The van der Waals surface area contributed by atoms with Gasteiger partial charge in [-0.25, -0.2) is 4.79 Å². The lowest BCUT2D eigenvalue weighted by molar-refractivity contribution is -0.134. The zero-order valence-electron chi connectivity index (χ0n) is 13.4. The van der Waals surface area contributed by atoms with Crippen LogP contribution in [0.15, 0.2) is 30.3 Å². The SMILES string of the molecule is O=C1CCC(C(=O)N2CCCN(C(=O)Oc3ccccc3)CC2)N1. The highest BCUT2D eigenvalue weighted by atomic mass is 16.6. The number of carbonyl (C=O) groups excluding carboxylic acids is 3. The Balaban J connectivity index is 1.54. The second-order valence-electron chi connectivity index (χ2n) is 6.01. The van der Waals surface area contributed by atoms with E-state index in [4.69, 9.17) is 4.74 Å². The van der Waals surface area contributed by atoms with Crippen molar-refractivity contribution in [3.05, 3.63) is 30.3 Å². The minimum atomic E-state index is -0.416. The molecule has 24 heavy (non-hydrogen) atoms. The van der Waals surface area contributed by atoms with Crippen molar-refractivity contribution < 1.29 is 19.1 Å². The largest absolute Gasteiger partial charge is 0.415 e. The summed E-state index contributed by atoms with van der Waals surface area (Å²) in [6.45, 7) is 2.01. The van der Waals surface area contributed by atoms with Crippen LogP contribution in [0.5, 0.6) is 5.75 Å². The van der Waals surface area contributed by atoms with Gasteiger partial charge >= 0.3 is 6.09 Å². The third-order valence-electron chi connectivity index (χ3n) is 4.31. The summed E-state index contributed by atoms with van der Waals surface area (Å²) in [7, 11) is 0. The zero-order chi connectivity index (χ0) is 16.9. The molecule has 1 aromatic rings. The first-order valence-corrected chi connectivity index (χ1v) is 8.23. The molecule has 2 aliphatic heterocycles. The Morgan fingerprint density at radius 2 is 1.75 bits per heavy atom. The zero-order valence-corrected chi connectivity index (χ0v) is 13.4. The van der Waals surface area contributed by atoms with Crippen LogP contribution in [0.25, 0.3) is 0 Å². The number of nitrogens with zero attached hydrogens (tertiary/aromatic N) is 2. The smallest absolute Gasteiger partial charge is 0.410 e. The molecular formula is C17H21N3O4. The van der Waals surface area contributed by atoms with Crippen LogP contribution in [-0.2, 0) is 9.59 Å². The number of ether oxygens (including phenoxy) is 1. The van der Waals surface area contributed by atoms with Gasteiger partial charge in [-0.05, 0) is 25.0 Å². The van der Waals surface area contributed by atoms with E-state index in [1.54, 1.807) is 34.1 Å². The van der Waals surface area contributed by atoms with Crippen molar-refractivity contribution in [2.24, 2.45) is 0 Å². The molecule has 2 heterocycles. The van der Waals surface area contributed by atoms with Crippen molar-refractivity contribution >= 4 is 17.9 Å². The van der Waals surface area contributed by atoms with Gasteiger partial charge in [0.15, 0.2) is 0 Å². The number of rotatable bonds is 2. The second kappa shape index (κ2) is 7.33. The standard InChI is InChI=1S/C17H21N3O4/c21-15-8-7-14(18-15)16(22)19-9-4-10-20(12-11-19)17(23)24-13-5-2-1-3-6-13/h1-3,5-6,14H,4,7-12H2,(H,18,21). The van der Waals surface area contributed by atoms with Crippen LogP contribution in [0.1, 0.15) is 19.3 Å². The topological polar surface area (TPSA) is 79.0 Å². The molecule has 7 heteroatoms. The molecule has 0 saturated carbocycles. The highest BCUT2D eigenvalue weighted by Gasteiger charge is 2.32. The summed E-state index contributed by atoms with van der Waals surface area (Å²) >= 11 is 0. The van der Waals surface area contributed by atoms with Crippen LogP contribution in [0.3, 0.4) is 0 Å². The van der Waals surface area contributed by atoms with E-state index in [9.17, 15) is 14.4 Å². The average molecular weight is 331 g/mol. The maximum absolute atomic E-state index is 12.4. The molecule has 1 aromatic carbocycles. The predicted octanol–water partition coefficient (Wildman–Crippen LogP) is 0.998. The summed E-state index contributed by atoms with van der Waals surface area (Å²) in [5.74, 6) is 0.378. The molecule has 0 aromatic heterocycles. The molecule has 2 saturated heterocycles. The van der Waals surface area contributed by atoms with Crippen LogP contribution >= 0.6 is 0 Å². The lowest BCUT2D eigenvalue weighted by Gasteiger charge is -2.24. The summed E-state index contributed by atoms with van der Waals surface area (Å²) in [5.41, 5.74) is 0. The van der Waals surface area contributed by atoms with E-state index in [0.717, 1.165) is 0 Å². The molecule has 1 unspecified atom stereocenters. The second-order valence-corrected chi connectivity index (χ2v) is 6.01. The summed E-state index contributed by atoms with van der Waals surface area (Å²) in [4.78, 5) is 39.3. The Morgan fingerprint density at radius 3 is 2.46 bits per heavy atom. The molecular weight excluding hydrogens is 310 g/mol. The maximum atomic E-state index is 12.4. The third-order valence-corrected chi connectivity index (χ3v) is 4.31. The van der Waals surface area contributed by atoms with Crippen LogP contribution in [0.4, 0.5) is 4.79 Å². The van der Waals surface area contributed by atoms with Crippen molar-refractivity contribution in [1.29, 1.82) is 0 Å². The summed E-state index contributed by atoms with van der Waals surface area (Å²) in [6, 6.07) is 8.51. The lowest BCUT2D eigenvalue weighted by Crippen LogP contribution is -2.46. The quantitative estimate of drug-likeness (QED) is 0.877. The predicted molar refractivity (Wildman–Crippen MR) is 86.4 cm³/mol. The number of benzene rings is 1. The number of amides is 3. The Bertz CT molecular complexity index is 620. The number of carbonyl (C=O) groups is 3. The summed E-state index contributed by atoms with van der Waals surface area (Å²) < 4.78 is 5.35. The molecule has 2 fully saturated rings. The van der Waals surface area contributed by atoms with E-state index in [0.29, 0.717) is 51.2 Å². The van der Waals surface area contributed by atoms with E-state index in [1.807, 2.05) is 6.07 Å². The Hall–Kier alpha value is -2.57. The minimum absolute atomic E-state index is 0.0564. The summed E-state index contributed by atoms with van der Waals surface area (Å²) in [6.07, 6.45) is 1.24. The van der Waals surface area contributed by atoms with Gasteiger partial charge in [0.05, 0.1) is 0 Å². The number of para-hydroxylation sites is 1. The normalized spacial score (nSPS) is 21.2. The Kier molecular flexibility index (Phi) is 4.98. The van der Waals surface area contributed by atoms with E-state index in [-0.39, 0.29) is 11.8 Å².